The topological polar surface area (TPSA) is 39.2 Å². The molecule has 0 aliphatic rings. The van der Waals surface area contributed by atoms with E-state index in [0.29, 0.717) is 17.9 Å². The fourth-order valence-corrected chi connectivity index (χ4v) is 1.82. The van der Waals surface area contributed by atoms with Crippen LogP contribution in [0.1, 0.15) is 24.7 Å². The second-order valence-corrected chi connectivity index (χ2v) is 5.00. The van der Waals surface area contributed by atoms with Crippen molar-refractivity contribution in [3.05, 3.63) is 28.0 Å². The summed E-state index contributed by atoms with van der Waals surface area (Å²) in [5.41, 5.74) is 1.79. The zero-order chi connectivity index (χ0) is 12.8. The molecule has 1 aromatic heterocycles. The molecule has 5 heteroatoms. The standard InChI is InChI=1S/C12H14BrNO2S/c1-3-16-12(15)7-10(17)6-9-4-5-11(13)8(2)14-9/h4-5H,3,6-7H2,1-2H3. The van der Waals surface area contributed by atoms with Gasteiger partial charge in [-0.3, -0.25) is 9.78 Å². The lowest BCUT2D eigenvalue weighted by Gasteiger charge is -2.05. The van der Waals surface area contributed by atoms with Gasteiger partial charge in [0.2, 0.25) is 0 Å². The highest BCUT2D eigenvalue weighted by Crippen LogP contribution is 2.14. The average molecular weight is 316 g/mol. The first-order valence-corrected chi connectivity index (χ1v) is 6.52. The minimum absolute atomic E-state index is 0.181. The first kappa shape index (κ1) is 14.3. The van der Waals surface area contributed by atoms with E-state index < -0.39 is 0 Å². The third kappa shape index (κ3) is 4.91. The molecular weight excluding hydrogens is 302 g/mol. The van der Waals surface area contributed by atoms with Crippen LogP contribution in [-0.2, 0) is 16.0 Å². The number of ether oxygens (including phenoxy) is 1. The summed E-state index contributed by atoms with van der Waals surface area (Å²) in [6.45, 7) is 4.08. The van der Waals surface area contributed by atoms with Gasteiger partial charge in [-0.1, -0.05) is 12.2 Å². The molecule has 1 heterocycles. The average Bonchev–Trinajstić information content (AvgIpc) is 2.23. The van der Waals surface area contributed by atoms with E-state index in [4.69, 9.17) is 17.0 Å². The Kier molecular flexibility index (Phi) is 5.71. The van der Waals surface area contributed by atoms with Crippen LogP contribution in [0.15, 0.2) is 16.6 Å². The first-order chi connectivity index (χ1) is 8.02. The Morgan fingerprint density at radius 3 is 2.82 bits per heavy atom. The molecule has 1 aromatic rings. The van der Waals surface area contributed by atoms with Gasteiger partial charge < -0.3 is 4.74 Å². The van der Waals surface area contributed by atoms with E-state index >= 15 is 0 Å². The molecule has 0 saturated heterocycles. The number of esters is 1. The van der Waals surface area contributed by atoms with Crippen molar-refractivity contribution in [1.29, 1.82) is 0 Å². The molecule has 0 saturated carbocycles. The number of hydrogen-bond acceptors (Lipinski definition) is 4. The smallest absolute Gasteiger partial charge is 0.310 e. The monoisotopic (exact) mass is 315 g/mol. The summed E-state index contributed by atoms with van der Waals surface area (Å²) in [4.78, 5) is 16.3. The van der Waals surface area contributed by atoms with Gasteiger partial charge in [0.25, 0.3) is 0 Å². The molecule has 0 radical (unpaired) electrons. The highest BCUT2D eigenvalue weighted by molar-refractivity contribution is 9.10. The van der Waals surface area contributed by atoms with Gasteiger partial charge >= 0.3 is 5.97 Å². The van der Waals surface area contributed by atoms with Crippen LogP contribution in [0.2, 0.25) is 0 Å². The Balaban J connectivity index is 2.56. The summed E-state index contributed by atoms with van der Waals surface area (Å²) < 4.78 is 5.81. The van der Waals surface area contributed by atoms with Crippen LogP contribution in [0.4, 0.5) is 0 Å². The van der Waals surface area contributed by atoms with Gasteiger partial charge in [0, 0.05) is 21.5 Å². The summed E-state index contributed by atoms with van der Waals surface area (Å²) in [6.07, 6.45) is 0.711. The number of nitrogens with zero attached hydrogens (tertiary/aromatic N) is 1. The van der Waals surface area contributed by atoms with Crippen molar-refractivity contribution in [2.45, 2.75) is 26.7 Å². The molecule has 3 nitrogen and oxygen atoms in total. The SMILES string of the molecule is CCOC(=O)CC(=S)Cc1ccc(Br)c(C)n1. The second-order valence-electron chi connectivity index (χ2n) is 3.57. The lowest BCUT2D eigenvalue weighted by atomic mass is 10.1. The van der Waals surface area contributed by atoms with E-state index in [9.17, 15) is 4.79 Å². The summed E-state index contributed by atoms with van der Waals surface area (Å²) in [6, 6.07) is 3.83. The number of aryl methyl sites for hydroxylation is 1. The van der Waals surface area contributed by atoms with Crippen molar-refractivity contribution >= 4 is 39.0 Å². The molecular formula is C12H14BrNO2S. The quantitative estimate of drug-likeness (QED) is 0.618. The predicted molar refractivity (Wildman–Crippen MR) is 74.2 cm³/mol. The van der Waals surface area contributed by atoms with Crippen molar-refractivity contribution in [3.63, 3.8) is 0 Å². The number of thiocarbonyl (C=S) groups is 1. The zero-order valence-electron chi connectivity index (χ0n) is 9.83. The van der Waals surface area contributed by atoms with Gasteiger partial charge in [0.1, 0.15) is 0 Å². The van der Waals surface area contributed by atoms with E-state index in [1.807, 2.05) is 19.1 Å². The van der Waals surface area contributed by atoms with Crippen LogP contribution in [0, 0.1) is 6.92 Å². The van der Waals surface area contributed by atoms with Crippen LogP contribution in [0.3, 0.4) is 0 Å². The fourth-order valence-electron chi connectivity index (χ4n) is 1.33. The number of aromatic nitrogens is 1. The van der Waals surface area contributed by atoms with E-state index in [0.717, 1.165) is 15.9 Å². The van der Waals surface area contributed by atoms with Gasteiger partial charge in [0.05, 0.1) is 18.7 Å². The largest absolute Gasteiger partial charge is 0.466 e. The van der Waals surface area contributed by atoms with Crippen molar-refractivity contribution in [2.75, 3.05) is 6.61 Å². The molecule has 0 aliphatic heterocycles. The Labute approximate surface area is 115 Å². The molecule has 0 aromatic carbocycles. The highest BCUT2D eigenvalue weighted by Gasteiger charge is 2.08. The first-order valence-electron chi connectivity index (χ1n) is 5.32. The number of carbonyl (C=O) groups excluding carboxylic acids is 1. The fraction of sp³-hybridized carbons (Fsp3) is 0.417. The molecule has 0 atom stereocenters. The molecule has 0 aliphatic carbocycles. The predicted octanol–water partition coefficient (Wildman–Crippen LogP) is 3.02. The molecule has 17 heavy (non-hydrogen) atoms. The Hall–Kier alpha value is -0.810. The molecule has 0 fully saturated rings. The number of halogens is 1. The summed E-state index contributed by atoms with van der Waals surface area (Å²) in [5.74, 6) is -0.272. The molecule has 0 bridgehead atoms. The maximum atomic E-state index is 11.2. The number of hydrogen-bond donors (Lipinski definition) is 0. The number of carbonyl (C=O) groups is 1. The second kappa shape index (κ2) is 6.81. The van der Waals surface area contributed by atoms with Crippen LogP contribution in [0.25, 0.3) is 0 Å². The Morgan fingerprint density at radius 1 is 1.53 bits per heavy atom. The van der Waals surface area contributed by atoms with E-state index in [2.05, 4.69) is 20.9 Å². The number of rotatable bonds is 5. The lowest BCUT2D eigenvalue weighted by molar-refractivity contribution is -0.141. The molecule has 0 amide bonds. The van der Waals surface area contributed by atoms with Crippen LogP contribution in [-0.4, -0.2) is 22.4 Å². The molecule has 0 spiro atoms. The molecule has 1 rings (SSSR count). The maximum absolute atomic E-state index is 11.2. The summed E-state index contributed by atoms with van der Waals surface area (Å²) in [5, 5.41) is 0. The van der Waals surface area contributed by atoms with E-state index in [1.54, 1.807) is 6.92 Å². The van der Waals surface area contributed by atoms with Gasteiger partial charge in [-0.2, -0.15) is 0 Å². The minimum atomic E-state index is -0.272. The molecule has 92 valence electrons. The minimum Gasteiger partial charge on any atom is -0.466 e. The van der Waals surface area contributed by atoms with Crippen molar-refractivity contribution in [1.82, 2.24) is 4.98 Å². The summed E-state index contributed by atoms with van der Waals surface area (Å²) >= 11 is 8.54. The highest BCUT2D eigenvalue weighted by atomic mass is 79.9. The lowest BCUT2D eigenvalue weighted by Crippen LogP contribution is -2.12. The Bertz CT molecular complexity index is 435. The third-order valence-corrected chi connectivity index (χ3v) is 3.23. The van der Waals surface area contributed by atoms with Gasteiger partial charge in [-0.15, -0.1) is 0 Å². The van der Waals surface area contributed by atoms with E-state index in [-0.39, 0.29) is 12.4 Å². The number of pyridine rings is 1. The van der Waals surface area contributed by atoms with Crippen LogP contribution < -0.4 is 0 Å². The van der Waals surface area contributed by atoms with Crippen molar-refractivity contribution in [2.24, 2.45) is 0 Å². The van der Waals surface area contributed by atoms with E-state index in [1.165, 1.54) is 0 Å². The summed E-state index contributed by atoms with van der Waals surface area (Å²) in [7, 11) is 0. The van der Waals surface area contributed by atoms with Gasteiger partial charge in [-0.25, -0.2) is 0 Å². The zero-order valence-corrected chi connectivity index (χ0v) is 12.2. The van der Waals surface area contributed by atoms with Gasteiger partial charge in [-0.05, 0) is 41.9 Å². The third-order valence-electron chi connectivity index (χ3n) is 2.10. The normalized spacial score (nSPS) is 10.1. The van der Waals surface area contributed by atoms with Crippen molar-refractivity contribution in [3.8, 4) is 0 Å². The molecule has 0 N–H and O–H groups in total. The van der Waals surface area contributed by atoms with Crippen LogP contribution in [0.5, 0.6) is 0 Å². The van der Waals surface area contributed by atoms with Crippen molar-refractivity contribution < 1.29 is 9.53 Å². The Morgan fingerprint density at radius 2 is 2.24 bits per heavy atom. The van der Waals surface area contributed by atoms with Crippen LogP contribution >= 0.6 is 28.1 Å². The molecule has 0 unspecified atom stereocenters. The maximum Gasteiger partial charge on any atom is 0.310 e. The van der Waals surface area contributed by atoms with Gasteiger partial charge in [0.15, 0.2) is 0 Å².